The molecule has 1 aromatic carbocycles. The molecule has 0 spiro atoms. The number of aryl methyl sites for hydroxylation is 2. The Morgan fingerprint density at radius 2 is 2.10 bits per heavy atom. The van der Waals surface area contributed by atoms with Crippen molar-refractivity contribution >= 4 is 22.9 Å². The lowest BCUT2D eigenvalue weighted by atomic mass is 10.1. The Labute approximate surface area is 122 Å². The molecule has 0 fully saturated rings. The zero-order chi connectivity index (χ0) is 14.5. The van der Waals surface area contributed by atoms with E-state index in [1.54, 1.807) is 0 Å². The van der Waals surface area contributed by atoms with Crippen LogP contribution in [0.3, 0.4) is 0 Å². The quantitative estimate of drug-likeness (QED) is 0.833. The van der Waals surface area contributed by atoms with E-state index in [1.165, 1.54) is 11.3 Å². The SMILES string of the molecule is Cc1cc(C#CCN)ccc1NC(=O)c1cscc1C. The summed E-state index contributed by atoms with van der Waals surface area (Å²) in [5, 5.41) is 6.76. The van der Waals surface area contributed by atoms with Crippen LogP contribution in [0.15, 0.2) is 29.0 Å². The van der Waals surface area contributed by atoms with E-state index in [0.29, 0.717) is 6.54 Å². The average Bonchev–Trinajstić information content (AvgIpc) is 2.85. The maximum atomic E-state index is 12.2. The third kappa shape index (κ3) is 3.27. The Hall–Kier alpha value is -2.09. The highest BCUT2D eigenvalue weighted by Gasteiger charge is 2.11. The zero-order valence-corrected chi connectivity index (χ0v) is 12.3. The lowest BCUT2D eigenvalue weighted by Crippen LogP contribution is -2.13. The van der Waals surface area contributed by atoms with E-state index in [1.807, 2.05) is 42.8 Å². The van der Waals surface area contributed by atoms with Crippen molar-refractivity contribution in [1.82, 2.24) is 0 Å². The van der Waals surface area contributed by atoms with Gasteiger partial charge >= 0.3 is 0 Å². The molecule has 2 aromatic rings. The van der Waals surface area contributed by atoms with Crippen molar-refractivity contribution in [3.05, 3.63) is 51.2 Å². The first-order valence-corrected chi connectivity index (χ1v) is 7.20. The van der Waals surface area contributed by atoms with Gasteiger partial charge in [-0.2, -0.15) is 11.3 Å². The fourth-order valence-corrected chi connectivity index (χ4v) is 2.65. The van der Waals surface area contributed by atoms with Gasteiger partial charge in [0.1, 0.15) is 0 Å². The van der Waals surface area contributed by atoms with Gasteiger partial charge in [-0.3, -0.25) is 4.79 Å². The van der Waals surface area contributed by atoms with Crippen molar-refractivity contribution in [2.24, 2.45) is 5.73 Å². The summed E-state index contributed by atoms with van der Waals surface area (Å²) in [6.45, 7) is 4.22. The van der Waals surface area contributed by atoms with Crippen molar-refractivity contribution in [2.75, 3.05) is 11.9 Å². The number of carbonyl (C=O) groups excluding carboxylic acids is 1. The highest BCUT2D eigenvalue weighted by molar-refractivity contribution is 7.08. The minimum atomic E-state index is -0.0763. The number of anilines is 1. The molecule has 0 aliphatic heterocycles. The Balaban J connectivity index is 2.18. The summed E-state index contributed by atoms with van der Waals surface area (Å²) in [6, 6.07) is 5.69. The molecule has 0 saturated heterocycles. The Kier molecular flexibility index (Phi) is 4.57. The molecule has 0 saturated carbocycles. The number of hydrogen-bond acceptors (Lipinski definition) is 3. The lowest BCUT2D eigenvalue weighted by molar-refractivity contribution is 0.102. The van der Waals surface area contributed by atoms with Gasteiger partial charge in [0.05, 0.1) is 12.1 Å². The largest absolute Gasteiger partial charge is 0.322 e. The van der Waals surface area contributed by atoms with E-state index in [4.69, 9.17) is 5.73 Å². The third-order valence-corrected chi connectivity index (χ3v) is 3.77. The molecule has 0 bridgehead atoms. The number of nitrogens with two attached hydrogens (primary N) is 1. The molecule has 1 aromatic heterocycles. The summed E-state index contributed by atoms with van der Waals surface area (Å²) < 4.78 is 0. The monoisotopic (exact) mass is 284 g/mol. The van der Waals surface area contributed by atoms with E-state index in [2.05, 4.69) is 17.2 Å². The van der Waals surface area contributed by atoms with Gasteiger partial charge in [-0.05, 0) is 48.6 Å². The van der Waals surface area contributed by atoms with Crippen molar-refractivity contribution in [2.45, 2.75) is 13.8 Å². The summed E-state index contributed by atoms with van der Waals surface area (Å²) in [7, 11) is 0. The van der Waals surface area contributed by atoms with Crippen molar-refractivity contribution in [1.29, 1.82) is 0 Å². The van der Waals surface area contributed by atoms with Crippen LogP contribution in [-0.2, 0) is 0 Å². The topological polar surface area (TPSA) is 55.1 Å². The minimum Gasteiger partial charge on any atom is -0.322 e. The fraction of sp³-hybridized carbons (Fsp3) is 0.188. The normalized spacial score (nSPS) is 9.75. The maximum Gasteiger partial charge on any atom is 0.256 e. The van der Waals surface area contributed by atoms with Gasteiger partial charge in [-0.25, -0.2) is 0 Å². The smallest absolute Gasteiger partial charge is 0.256 e. The Morgan fingerprint density at radius 1 is 1.30 bits per heavy atom. The molecule has 0 aliphatic rings. The molecule has 2 rings (SSSR count). The lowest BCUT2D eigenvalue weighted by Gasteiger charge is -2.08. The van der Waals surface area contributed by atoms with Gasteiger partial charge in [0.15, 0.2) is 0 Å². The third-order valence-electron chi connectivity index (χ3n) is 2.91. The van der Waals surface area contributed by atoms with Crippen LogP contribution in [0.1, 0.15) is 27.0 Å². The number of hydrogen-bond donors (Lipinski definition) is 2. The summed E-state index contributed by atoms with van der Waals surface area (Å²) >= 11 is 1.53. The summed E-state index contributed by atoms with van der Waals surface area (Å²) in [5.74, 6) is 5.71. The van der Waals surface area contributed by atoms with Gasteiger partial charge in [-0.1, -0.05) is 11.8 Å². The minimum absolute atomic E-state index is 0.0763. The molecule has 1 amide bonds. The maximum absolute atomic E-state index is 12.2. The standard InChI is InChI=1S/C16H16N2OS/c1-11-8-13(4-3-7-17)5-6-15(11)18-16(19)14-10-20-9-12(14)2/h5-6,8-10H,7,17H2,1-2H3,(H,18,19). The van der Waals surface area contributed by atoms with Crippen LogP contribution >= 0.6 is 11.3 Å². The first kappa shape index (κ1) is 14.3. The van der Waals surface area contributed by atoms with Crippen molar-refractivity contribution in [3.8, 4) is 11.8 Å². The number of rotatable bonds is 2. The van der Waals surface area contributed by atoms with Gasteiger partial charge < -0.3 is 11.1 Å². The number of amides is 1. The predicted octanol–water partition coefficient (Wildman–Crippen LogP) is 2.93. The molecule has 0 atom stereocenters. The zero-order valence-electron chi connectivity index (χ0n) is 11.5. The van der Waals surface area contributed by atoms with E-state index in [0.717, 1.165) is 27.9 Å². The summed E-state index contributed by atoms with van der Waals surface area (Å²) in [5.41, 5.74) is 9.76. The van der Waals surface area contributed by atoms with Crippen LogP contribution in [0.5, 0.6) is 0 Å². The molecule has 1 heterocycles. The average molecular weight is 284 g/mol. The second-order valence-corrected chi connectivity index (χ2v) is 5.20. The molecule has 3 nitrogen and oxygen atoms in total. The first-order chi connectivity index (χ1) is 9.61. The van der Waals surface area contributed by atoms with Crippen LogP contribution in [0, 0.1) is 25.7 Å². The van der Waals surface area contributed by atoms with Crippen LogP contribution < -0.4 is 11.1 Å². The molecule has 4 heteroatoms. The molecule has 20 heavy (non-hydrogen) atoms. The molecular weight excluding hydrogens is 268 g/mol. The molecule has 3 N–H and O–H groups in total. The molecule has 0 radical (unpaired) electrons. The second kappa shape index (κ2) is 6.38. The Bertz CT molecular complexity index is 692. The van der Waals surface area contributed by atoms with Gasteiger partial charge in [0.2, 0.25) is 0 Å². The summed E-state index contributed by atoms with van der Waals surface area (Å²) in [4.78, 5) is 12.2. The predicted molar refractivity (Wildman–Crippen MR) is 84.1 cm³/mol. The van der Waals surface area contributed by atoms with Gasteiger partial charge in [0.25, 0.3) is 5.91 Å². The number of carbonyl (C=O) groups is 1. The van der Waals surface area contributed by atoms with Crippen LogP contribution in [0.25, 0.3) is 0 Å². The number of benzene rings is 1. The molecule has 102 valence electrons. The van der Waals surface area contributed by atoms with Gasteiger partial charge in [0, 0.05) is 16.6 Å². The Morgan fingerprint density at radius 3 is 2.70 bits per heavy atom. The van der Waals surface area contributed by atoms with Crippen LogP contribution in [-0.4, -0.2) is 12.5 Å². The molecule has 0 aliphatic carbocycles. The van der Waals surface area contributed by atoms with Crippen LogP contribution in [0.4, 0.5) is 5.69 Å². The van der Waals surface area contributed by atoms with E-state index >= 15 is 0 Å². The highest BCUT2D eigenvalue weighted by Crippen LogP contribution is 2.19. The van der Waals surface area contributed by atoms with Gasteiger partial charge in [-0.15, -0.1) is 0 Å². The van der Waals surface area contributed by atoms with Crippen molar-refractivity contribution in [3.63, 3.8) is 0 Å². The molecule has 0 unspecified atom stereocenters. The van der Waals surface area contributed by atoms with E-state index in [-0.39, 0.29) is 5.91 Å². The number of thiophene rings is 1. The first-order valence-electron chi connectivity index (χ1n) is 6.25. The molecular formula is C16H16N2OS. The van der Waals surface area contributed by atoms with E-state index < -0.39 is 0 Å². The second-order valence-electron chi connectivity index (χ2n) is 4.46. The van der Waals surface area contributed by atoms with E-state index in [9.17, 15) is 4.79 Å². The number of nitrogens with one attached hydrogen (secondary N) is 1. The fourth-order valence-electron chi connectivity index (χ4n) is 1.82. The van der Waals surface area contributed by atoms with Crippen LogP contribution in [0.2, 0.25) is 0 Å². The summed E-state index contributed by atoms with van der Waals surface area (Å²) in [6.07, 6.45) is 0. The van der Waals surface area contributed by atoms with Crippen molar-refractivity contribution < 1.29 is 4.79 Å². The highest BCUT2D eigenvalue weighted by atomic mass is 32.1.